The quantitative estimate of drug-likeness (QED) is 0.331. The molecule has 7 heteroatoms. The minimum absolute atomic E-state index is 0. The Hall–Kier alpha value is 1.58. The van der Waals surface area contributed by atoms with Crippen LogP contribution in [0.15, 0.2) is 0 Å². The second kappa shape index (κ2) is 15.6. The maximum atomic E-state index is 8.74. The average Bonchev–Trinajstić information content (AvgIpc) is 0.811. The summed E-state index contributed by atoms with van der Waals surface area (Å²) in [6.45, 7) is 0. The second-order valence-electron chi connectivity index (χ2n) is 0.283. The molecule has 7 heavy (non-hydrogen) atoms. The molecule has 0 aromatic carbocycles. The van der Waals surface area contributed by atoms with E-state index in [1.807, 2.05) is 0 Å². The van der Waals surface area contributed by atoms with Gasteiger partial charge in [0.1, 0.15) is 0 Å². The van der Waals surface area contributed by atoms with Crippen LogP contribution in [0.4, 0.5) is 0 Å². The molecular formula is H6Na2O4Si. The number of rotatable bonds is 0. The first-order chi connectivity index (χ1) is 1.73. The topological polar surface area (TPSA) is 89.0 Å². The van der Waals surface area contributed by atoms with Gasteiger partial charge in [-0.15, -0.1) is 0 Å². The van der Waals surface area contributed by atoms with Crippen molar-refractivity contribution in [3.8, 4) is 0 Å². The van der Waals surface area contributed by atoms with Gasteiger partial charge in [0.2, 0.25) is 0 Å². The van der Waals surface area contributed by atoms with E-state index in [4.69, 9.17) is 14.1 Å². The van der Waals surface area contributed by atoms with Crippen LogP contribution in [0.25, 0.3) is 0 Å². The molecule has 4 N–H and O–H groups in total. The minimum Gasteiger partial charge on any atom is -1.00 e. The average molecular weight is 144 g/mol. The molecule has 0 spiro atoms. The van der Waals surface area contributed by atoms with Crippen LogP contribution >= 0.6 is 0 Å². The van der Waals surface area contributed by atoms with Gasteiger partial charge in [-0.2, -0.15) is 0 Å². The predicted octanol–water partition coefficient (Wildman–Crippen LogP) is -8.21. The molecule has 0 aromatic rings. The molecule has 0 aliphatic rings. The Kier molecular flexibility index (Phi) is 52.5. The summed E-state index contributed by atoms with van der Waals surface area (Å²) in [5, 5.41) is 0. The SMILES string of the molecule is O.O=[Si](O)O.[H-].[H-].[Na+].[Na+]. The molecule has 0 saturated heterocycles. The molecule has 0 rings (SSSR count). The largest absolute Gasteiger partial charge is 1.00 e. The van der Waals surface area contributed by atoms with Crippen LogP contribution in [0.2, 0.25) is 0 Å². The molecule has 0 fully saturated rings. The Labute approximate surface area is 89.7 Å². The van der Waals surface area contributed by atoms with Crippen LogP contribution in [0.1, 0.15) is 2.85 Å². The van der Waals surface area contributed by atoms with Crippen molar-refractivity contribution in [2.45, 2.75) is 0 Å². The number of hydrogen-bond acceptors (Lipinski definition) is 1. The van der Waals surface area contributed by atoms with Gasteiger partial charge < -0.3 is 17.9 Å². The first-order valence-corrected chi connectivity index (χ1v) is 1.95. The summed E-state index contributed by atoms with van der Waals surface area (Å²) >= 11 is 0. The third-order valence-electron chi connectivity index (χ3n) is 0. The Balaban J connectivity index is -0.00000000450. The van der Waals surface area contributed by atoms with Gasteiger partial charge in [-0.3, -0.25) is 4.46 Å². The van der Waals surface area contributed by atoms with Crippen LogP contribution in [0.5, 0.6) is 0 Å². The fourth-order valence-electron chi connectivity index (χ4n) is 0. The van der Waals surface area contributed by atoms with E-state index in [0.29, 0.717) is 0 Å². The summed E-state index contributed by atoms with van der Waals surface area (Å²) < 4.78 is 8.74. The van der Waals surface area contributed by atoms with E-state index in [1.54, 1.807) is 0 Å². The third-order valence-corrected chi connectivity index (χ3v) is 0. The first kappa shape index (κ1) is 23.5. The van der Waals surface area contributed by atoms with Crippen LogP contribution in [0, 0.1) is 0 Å². The molecule has 0 heterocycles. The molecule has 36 valence electrons. The van der Waals surface area contributed by atoms with Crippen molar-refractivity contribution in [2.24, 2.45) is 0 Å². The van der Waals surface area contributed by atoms with E-state index >= 15 is 0 Å². The fourth-order valence-corrected chi connectivity index (χ4v) is 0. The molecule has 0 aromatic heterocycles. The molecule has 0 bridgehead atoms. The predicted molar refractivity (Wildman–Crippen MR) is 16.7 cm³/mol. The van der Waals surface area contributed by atoms with Gasteiger partial charge in [0.25, 0.3) is 0 Å². The molecule has 0 radical (unpaired) electrons. The summed E-state index contributed by atoms with van der Waals surface area (Å²) in [6.07, 6.45) is 0. The van der Waals surface area contributed by atoms with Gasteiger partial charge in [-0.25, -0.2) is 0 Å². The van der Waals surface area contributed by atoms with Crippen molar-refractivity contribution in [3.05, 3.63) is 0 Å². The zero-order chi connectivity index (χ0) is 3.58. The maximum Gasteiger partial charge on any atom is 1.00 e. The van der Waals surface area contributed by atoms with E-state index in [1.165, 1.54) is 0 Å². The Morgan fingerprint density at radius 2 is 1.29 bits per heavy atom. The Bertz CT molecular complexity index is 39.5. The van der Waals surface area contributed by atoms with E-state index in [9.17, 15) is 0 Å². The van der Waals surface area contributed by atoms with E-state index in [2.05, 4.69) is 0 Å². The smallest absolute Gasteiger partial charge is 1.00 e. The molecule has 0 amide bonds. The first-order valence-electron chi connectivity index (χ1n) is 0.651. The van der Waals surface area contributed by atoms with Gasteiger partial charge in [0.15, 0.2) is 0 Å². The van der Waals surface area contributed by atoms with Gasteiger partial charge >= 0.3 is 68.3 Å². The van der Waals surface area contributed by atoms with Crippen LogP contribution in [-0.4, -0.2) is 24.2 Å². The van der Waals surface area contributed by atoms with E-state index in [0.717, 1.165) is 0 Å². The molecule has 0 atom stereocenters. The van der Waals surface area contributed by atoms with Gasteiger partial charge in [0.05, 0.1) is 0 Å². The summed E-state index contributed by atoms with van der Waals surface area (Å²) in [5.74, 6) is 0. The third kappa shape index (κ3) is 94.8. The Morgan fingerprint density at radius 1 is 1.29 bits per heavy atom. The molecule has 0 unspecified atom stereocenters. The van der Waals surface area contributed by atoms with Crippen LogP contribution in [-0.2, 0) is 4.46 Å². The van der Waals surface area contributed by atoms with Crippen molar-refractivity contribution >= 4 is 9.17 Å². The number of hydrogen-bond donors (Lipinski definition) is 2. The zero-order valence-corrected chi connectivity index (χ0v) is 9.30. The van der Waals surface area contributed by atoms with Crippen LogP contribution < -0.4 is 59.1 Å². The fraction of sp³-hybridized carbons (Fsp3) is 0. The normalized spacial score (nSPS) is 3.43. The summed E-state index contributed by atoms with van der Waals surface area (Å²) in [6, 6.07) is 0. The van der Waals surface area contributed by atoms with E-state index < -0.39 is 9.17 Å². The van der Waals surface area contributed by atoms with Crippen molar-refractivity contribution < 1.29 is 81.5 Å². The van der Waals surface area contributed by atoms with Crippen molar-refractivity contribution in [2.75, 3.05) is 0 Å². The summed E-state index contributed by atoms with van der Waals surface area (Å²) in [5.41, 5.74) is 0. The molecule has 0 aliphatic carbocycles. The van der Waals surface area contributed by atoms with Gasteiger partial charge in [-0.1, -0.05) is 0 Å². The van der Waals surface area contributed by atoms with Gasteiger partial charge in [-0.05, 0) is 0 Å². The Morgan fingerprint density at radius 3 is 1.29 bits per heavy atom. The van der Waals surface area contributed by atoms with Crippen molar-refractivity contribution in [3.63, 3.8) is 0 Å². The summed E-state index contributed by atoms with van der Waals surface area (Å²) in [7, 11) is -3.13. The molecule has 0 saturated carbocycles. The minimum atomic E-state index is -3.13. The molecule has 4 nitrogen and oxygen atoms in total. The summed E-state index contributed by atoms with van der Waals surface area (Å²) in [4.78, 5) is 14.3. The molecule has 0 aliphatic heterocycles. The van der Waals surface area contributed by atoms with Crippen molar-refractivity contribution in [1.29, 1.82) is 0 Å². The standard InChI is InChI=1S/2Na.H2O3Si.H2O.2H/c;;1-4(2)3;;;/h;;1-2H;1H2;;/q2*+1;;;2*-1. The maximum absolute atomic E-state index is 8.74. The zero-order valence-electron chi connectivity index (χ0n) is 6.30. The van der Waals surface area contributed by atoms with Gasteiger partial charge in [0, 0.05) is 0 Å². The second-order valence-corrected chi connectivity index (χ2v) is 0.848. The molecular weight excluding hydrogens is 138 g/mol. The van der Waals surface area contributed by atoms with E-state index in [-0.39, 0.29) is 67.4 Å². The van der Waals surface area contributed by atoms with Crippen molar-refractivity contribution in [1.82, 2.24) is 0 Å². The monoisotopic (exact) mass is 144 g/mol. The van der Waals surface area contributed by atoms with Crippen LogP contribution in [0.3, 0.4) is 0 Å².